The summed E-state index contributed by atoms with van der Waals surface area (Å²) in [7, 11) is 0. The van der Waals surface area contributed by atoms with Crippen LogP contribution in [0.1, 0.15) is 64.3 Å². The van der Waals surface area contributed by atoms with E-state index in [2.05, 4.69) is 10.1 Å². The average molecular weight is 651 g/mol. The van der Waals surface area contributed by atoms with Crippen molar-refractivity contribution >= 4 is 23.0 Å². The molecule has 246 valence electrons. The Morgan fingerprint density at radius 3 is 2.23 bits per heavy atom. The molecule has 0 radical (unpaired) electrons. The van der Waals surface area contributed by atoms with E-state index in [1.54, 1.807) is 23.1 Å². The molecule has 3 aromatic carbocycles. The lowest BCUT2D eigenvalue weighted by atomic mass is 9.91. The van der Waals surface area contributed by atoms with Crippen LogP contribution in [-0.4, -0.2) is 70.2 Å². The fraction of sp³-hybridized carbons (Fsp3) is 0.400. The van der Waals surface area contributed by atoms with Gasteiger partial charge in [0.2, 0.25) is 0 Å². The normalized spacial score (nSPS) is 19.1. The van der Waals surface area contributed by atoms with Gasteiger partial charge in [-0.1, -0.05) is 29.4 Å². The van der Waals surface area contributed by atoms with Gasteiger partial charge < -0.3 is 14.2 Å². The molecular formula is C35H34F4N4O4. The minimum Gasteiger partial charge on any atom is -0.441 e. The average Bonchev–Trinajstić information content (AvgIpc) is 3.62. The Hall–Kier alpha value is -4.45. The van der Waals surface area contributed by atoms with Gasteiger partial charge in [0, 0.05) is 75.0 Å². The van der Waals surface area contributed by atoms with Crippen molar-refractivity contribution in [2.24, 2.45) is 0 Å². The lowest BCUT2D eigenvalue weighted by Crippen LogP contribution is -2.46. The molecular weight excluding hydrogens is 616 g/mol. The van der Waals surface area contributed by atoms with E-state index >= 15 is 0 Å². The van der Waals surface area contributed by atoms with Crippen LogP contribution in [0.2, 0.25) is 0 Å². The highest BCUT2D eigenvalue weighted by molar-refractivity contribution is 5.94. The van der Waals surface area contributed by atoms with Crippen molar-refractivity contribution in [3.63, 3.8) is 0 Å². The first-order chi connectivity index (χ1) is 22.5. The Bertz CT molecular complexity index is 1760. The van der Waals surface area contributed by atoms with Crippen molar-refractivity contribution in [3.8, 4) is 0 Å². The molecule has 0 bridgehead atoms. The van der Waals surface area contributed by atoms with Gasteiger partial charge in [0.25, 0.3) is 5.91 Å². The standard InChI is InChI=1S/C35H34F4N4O4/c36-28-9-10-29-30(19-28)47-40-31(29)25-11-15-42(16-12-25)32(44)26-5-1-24(2-6-26)21-43-22-34(46-33(43)45)13-17-41(18-14-34)20-23-3-7-27(8-4-23)35(37,38)39/h1-10,19,25H,11-18,20-22H2. The van der Waals surface area contributed by atoms with Gasteiger partial charge in [0.15, 0.2) is 5.58 Å². The summed E-state index contributed by atoms with van der Waals surface area (Å²) in [5.74, 6) is -0.293. The lowest BCUT2D eigenvalue weighted by molar-refractivity contribution is -0.137. The van der Waals surface area contributed by atoms with Crippen LogP contribution >= 0.6 is 0 Å². The fourth-order valence-electron chi connectivity index (χ4n) is 6.99. The number of benzene rings is 3. The van der Waals surface area contributed by atoms with Crippen LogP contribution in [0.4, 0.5) is 22.4 Å². The Morgan fingerprint density at radius 2 is 1.55 bits per heavy atom. The molecule has 1 spiro atoms. The second-order valence-electron chi connectivity index (χ2n) is 12.8. The molecule has 7 rings (SSSR count). The number of ether oxygens (including phenoxy) is 1. The Labute approximate surface area is 268 Å². The molecule has 0 atom stereocenters. The third-order valence-electron chi connectivity index (χ3n) is 9.70. The Kier molecular flexibility index (Phi) is 8.15. The number of carbonyl (C=O) groups is 2. The number of rotatable bonds is 6. The van der Waals surface area contributed by atoms with Crippen LogP contribution in [0.15, 0.2) is 71.3 Å². The van der Waals surface area contributed by atoms with Crippen molar-refractivity contribution in [2.75, 3.05) is 32.7 Å². The maximum atomic E-state index is 13.5. The number of fused-ring (bicyclic) bond motifs is 1. The van der Waals surface area contributed by atoms with Crippen LogP contribution < -0.4 is 0 Å². The van der Waals surface area contributed by atoms with Crippen molar-refractivity contribution in [1.82, 2.24) is 19.9 Å². The van der Waals surface area contributed by atoms with Crippen LogP contribution in [0.3, 0.4) is 0 Å². The van der Waals surface area contributed by atoms with Crippen molar-refractivity contribution in [1.29, 1.82) is 0 Å². The molecule has 0 unspecified atom stereocenters. The largest absolute Gasteiger partial charge is 0.441 e. The summed E-state index contributed by atoms with van der Waals surface area (Å²) in [6, 6.07) is 17.0. The second-order valence-corrected chi connectivity index (χ2v) is 12.8. The SMILES string of the molecule is O=C1OC2(CCN(Cc3ccc(C(F)(F)F)cc3)CC2)CN1Cc1ccc(C(=O)N2CCC(c3noc4cc(F)ccc34)CC2)cc1. The van der Waals surface area contributed by atoms with Crippen LogP contribution in [0.25, 0.3) is 11.0 Å². The second kappa shape index (κ2) is 12.3. The quantitative estimate of drug-likeness (QED) is 0.209. The molecule has 0 N–H and O–H groups in total. The lowest BCUT2D eigenvalue weighted by Gasteiger charge is -2.37. The predicted molar refractivity (Wildman–Crippen MR) is 164 cm³/mol. The summed E-state index contributed by atoms with van der Waals surface area (Å²) in [6.45, 7) is 3.86. The number of nitrogens with zero attached hydrogens (tertiary/aromatic N) is 4. The van der Waals surface area contributed by atoms with Crippen LogP contribution in [0, 0.1) is 5.82 Å². The van der Waals surface area contributed by atoms with Gasteiger partial charge in [-0.2, -0.15) is 13.2 Å². The van der Waals surface area contributed by atoms with E-state index in [0.29, 0.717) is 69.8 Å². The molecule has 47 heavy (non-hydrogen) atoms. The van der Waals surface area contributed by atoms with Gasteiger partial charge in [-0.15, -0.1) is 0 Å². The molecule has 0 aliphatic carbocycles. The topological polar surface area (TPSA) is 79.1 Å². The number of halogens is 4. The van der Waals surface area contributed by atoms with Gasteiger partial charge in [-0.25, -0.2) is 9.18 Å². The molecule has 2 amide bonds. The monoisotopic (exact) mass is 650 g/mol. The summed E-state index contributed by atoms with van der Waals surface area (Å²) < 4.78 is 63.4. The molecule has 1 aromatic heterocycles. The third kappa shape index (κ3) is 6.56. The zero-order valence-electron chi connectivity index (χ0n) is 25.6. The number of hydrogen-bond donors (Lipinski definition) is 0. The zero-order valence-corrected chi connectivity index (χ0v) is 25.6. The van der Waals surface area contributed by atoms with Gasteiger partial charge in [0.05, 0.1) is 17.8 Å². The number of hydrogen-bond acceptors (Lipinski definition) is 6. The molecule has 4 aromatic rings. The van der Waals surface area contributed by atoms with Crippen molar-refractivity contribution in [3.05, 3.63) is 100 Å². The molecule has 3 aliphatic heterocycles. The third-order valence-corrected chi connectivity index (χ3v) is 9.70. The first-order valence-electron chi connectivity index (χ1n) is 15.8. The van der Waals surface area contributed by atoms with Gasteiger partial charge in [-0.05, 0) is 60.4 Å². The summed E-state index contributed by atoms with van der Waals surface area (Å²) >= 11 is 0. The summed E-state index contributed by atoms with van der Waals surface area (Å²) in [5.41, 5.74) is 2.28. The molecule has 3 saturated heterocycles. The van der Waals surface area contributed by atoms with Crippen LogP contribution in [-0.2, 0) is 24.0 Å². The van der Waals surface area contributed by atoms with E-state index in [1.807, 2.05) is 17.0 Å². The summed E-state index contributed by atoms with van der Waals surface area (Å²) in [4.78, 5) is 31.8. The molecule has 8 nitrogen and oxygen atoms in total. The molecule has 4 heterocycles. The summed E-state index contributed by atoms with van der Waals surface area (Å²) in [5, 5.41) is 4.99. The van der Waals surface area contributed by atoms with E-state index in [0.717, 1.165) is 47.2 Å². The van der Waals surface area contributed by atoms with Gasteiger partial charge in [-0.3, -0.25) is 14.6 Å². The number of carbonyl (C=O) groups excluding carboxylic acids is 2. The molecule has 12 heteroatoms. The highest BCUT2D eigenvalue weighted by Crippen LogP contribution is 2.36. The fourth-order valence-corrected chi connectivity index (χ4v) is 6.99. The predicted octanol–water partition coefficient (Wildman–Crippen LogP) is 6.99. The highest BCUT2D eigenvalue weighted by Gasteiger charge is 2.46. The van der Waals surface area contributed by atoms with E-state index < -0.39 is 17.3 Å². The van der Waals surface area contributed by atoms with Gasteiger partial charge in [0.1, 0.15) is 11.4 Å². The van der Waals surface area contributed by atoms with E-state index in [-0.39, 0.29) is 23.7 Å². The first kappa shape index (κ1) is 31.2. The van der Waals surface area contributed by atoms with Crippen molar-refractivity contribution < 1.29 is 36.4 Å². The van der Waals surface area contributed by atoms with Crippen molar-refractivity contribution in [2.45, 2.75) is 56.5 Å². The smallest absolute Gasteiger partial charge is 0.416 e. The maximum absolute atomic E-state index is 13.5. The highest BCUT2D eigenvalue weighted by atomic mass is 19.4. The number of aromatic nitrogens is 1. The minimum absolute atomic E-state index is 0.0512. The van der Waals surface area contributed by atoms with E-state index in [4.69, 9.17) is 9.26 Å². The first-order valence-corrected chi connectivity index (χ1v) is 15.8. The van der Waals surface area contributed by atoms with Gasteiger partial charge >= 0.3 is 12.3 Å². The molecule has 0 saturated carbocycles. The Morgan fingerprint density at radius 1 is 0.894 bits per heavy atom. The summed E-state index contributed by atoms with van der Waals surface area (Å²) in [6.07, 6.45) is -1.97. The zero-order chi connectivity index (χ0) is 32.8. The number of piperidine rings is 2. The number of amides is 2. The van der Waals surface area contributed by atoms with E-state index in [9.17, 15) is 27.2 Å². The number of likely N-dealkylation sites (tertiary alicyclic amines) is 2. The minimum atomic E-state index is -4.35. The Balaban J connectivity index is 0.892. The van der Waals surface area contributed by atoms with E-state index in [1.165, 1.54) is 24.3 Å². The molecule has 3 fully saturated rings. The van der Waals surface area contributed by atoms with Crippen LogP contribution in [0.5, 0.6) is 0 Å². The molecule has 3 aliphatic rings. The maximum Gasteiger partial charge on any atom is 0.416 e. The number of alkyl halides is 3.